The average molecular weight is 247 g/mol. The molecule has 64 valence electrons. The Labute approximate surface area is 85.6 Å². The standard InChI is InChI=1S/C9H9BrClN/c10-9-7-8(4-6-12-9)3-1-2-5-11/h1,3-4,6-7H,2,5H2. The lowest BCUT2D eigenvalue weighted by Gasteiger charge is -1.92. The van der Waals surface area contributed by atoms with E-state index < -0.39 is 0 Å². The Morgan fingerprint density at radius 1 is 1.58 bits per heavy atom. The molecule has 0 aliphatic carbocycles. The molecule has 3 heteroatoms. The second kappa shape index (κ2) is 5.33. The first-order valence-electron chi connectivity index (χ1n) is 3.67. The largest absolute Gasteiger partial charge is 0.249 e. The van der Waals surface area contributed by atoms with Gasteiger partial charge in [0.05, 0.1) is 0 Å². The van der Waals surface area contributed by atoms with Crippen LogP contribution in [-0.4, -0.2) is 10.9 Å². The van der Waals surface area contributed by atoms with Gasteiger partial charge >= 0.3 is 0 Å². The molecule has 0 amide bonds. The second-order valence-electron chi connectivity index (χ2n) is 2.29. The summed E-state index contributed by atoms with van der Waals surface area (Å²) in [6.07, 6.45) is 6.76. The Kier molecular flexibility index (Phi) is 4.33. The lowest BCUT2D eigenvalue weighted by atomic mass is 10.2. The van der Waals surface area contributed by atoms with Crippen LogP contribution in [0.4, 0.5) is 0 Å². The van der Waals surface area contributed by atoms with Crippen molar-refractivity contribution in [1.82, 2.24) is 4.98 Å². The van der Waals surface area contributed by atoms with Gasteiger partial charge in [-0.05, 0) is 40.0 Å². The normalized spacial score (nSPS) is 10.8. The van der Waals surface area contributed by atoms with Crippen molar-refractivity contribution in [1.29, 1.82) is 0 Å². The lowest BCUT2D eigenvalue weighted by molar-refractivity contribution is 1.24. The molecular weight excluding hydrogens is 237 g/mol. The molecule has 1 aromatic heterocycles. The maximum absolute atomic E-state index is 5.53. The van der Waals surface area contributed by atoms with Crippen LogP contribution in [0.3, 0.4) is 0 Å². The van der Waals surface area contributed by atoms with Gasteiger partial charge in [-0.2, -0.15) is 0 Å². The van der Waals surface area contributed by atoms with Crippen LogP contribution in [-0.2, 0) is 0 Å². The van der Waals surface area contributed by atoms with E-state index in [4.69, 9.17) is 11.6 Å². The van der Waals surface area contributed by atoms with Crippen LogP contribution in [0.25, 0.3) is 6.08 Å². The van der Waals surface area contributed by atoms with Gasteiger partial charge in [0.15, 0.2) is 0 Å². The highest BCUT2D eigenvalue weighted by molar-refractivity contribution is 9.10. The van der Waals surface area contributed by atoms with E-state index in [1.165, 1.54) is 0 Å². The van der Waals surface area contributed by atoms with Crippen molar-refractivity contribution in [2.45, 2.75) is 6.42 Å². The molecule has 0 bridgehead atoms. The number of pyridine rings is 1. The zero-order valence-electron chi connectivity index (χ0n) is 6.50. The summed E-state index contributed by atoms with van der Waals surface area (Å²) in [6, 6.07) is 3.92. The highest BCUT2D eigenvalue weighted by Gasteiger charge is 1.88. The van der Waals surface area contributed by atoms with Gasteiger partial charge in [0.2, 0.25) is 0 Å². The van der Waals surface area contributed by atoms with Crippen molar-refractivity contribution >= 4 is 33.6 Å². The monoisotopic (exact) mass is 245 g/mol. The van der Waals surface area contributed by atoms with E-state index in [1.54, 1.807) is 6.20 Å². The maximum Gasteiger partial charge on any atom is 0.106 e. The molecule has 0 spiro atoms. The van der Waals surface area contributed by atoms with Crippen molar-refractivity contribution in [3.05, 3.63) is 34.6 Å². The van der Waals surface area contributed by atoms with Gasteiger partial charge in [-0.15, -0.1) is 11.6 Å². The molecule has 0 aliphatic heterocycles. The Morgan fingerprint density at radius 3 is 3.08 bits per heavy atom. The fourth-order valence-corrected chi connectivity index (χ4v) is 1.31. The zero-order chi connectivity index (χ0) is 8.81. The molecule has 1 heterocycles. The highest BCUT2D eigenvalue weighted by Crippen LogP contribution is 2.09. The first-order valence-corrected chi connectivity index (χ1v) is 5.00. The second-order valence-corrected chi connectivity index (χ2v) is 3.48. The third-order valence-corrected chi connectivity index (χ3v) is 1.99. The van der Waals surface area contributed by atoms with Crippen LogP contribution in [0.15, 0.2) is 29.0 Å². The minimum Gasteiger partial charge on any atom is -0.249 e. The molecule has 0 saturated carbocycles. The van der Waals surface area contributed by atoms with Crippen molar-refractivity contribution in [3.63, 3.8) is 0 Å². The Hall–Kier alpha value is -0.340. The number of allylic oxidation sites excluding steroid dienone is 1. The molecule has 12 heavy (non-hydrogen) atoms. The van der Waals surface area contributed by atoms with Crippen LogP contribution in [0.1, 0.15) is 12.0 Å². The van der Waals surface area contributed by atoms with Gasteiger partial charge in [-0.1, -0.05) is 12.2 Å². The van der Waals surface area contributed by atoms with Crippen molar-refractivity contribution < 1.29 is 0 Å². The summed E-state index contributed by atoms with van der Waals surface area (Å²) in [5.74, 6) is 0.669. The van der Waals surface area contributed by atoms with E-state index in [2.05, 4.69) is 27.0 Å². The molecule has 0 radical (unpaired) electrons. The van der Waals surface area contributed by atoms with E-state index >= 15 is 0 Å². The lowest BCUT2D eigenvalue weighted by Crippen LogP contribution is -1.76. The third-order valence-electron chi connectivity index (χ3n) is 1.34. The van der Waals surface area contributed by atoms with E-state index in [0.717, 1.165) is 16.6 Å². The zero-order valence-corrected chi connectivity index (χ0v) is 8.85. The van der Waals surface area contributed by atoms with Crippen LogP contribution in [0.2, 0.25) is 0 Å². The minimum absolute atomic E-state index is 0.669. The smallest absolute Gasteiger partial charge is 0.106 e. The first-order chi connectivity index (χ1) is 5.83. The summed E-state index contributed by atoms with van der Waals surface area (Å²) in [4.78, 5) is 4.02. The number of hydrogen-bond donors (Lipinski definition) is 0. The topological polar surface area (TPSA) is 12.9 Å². The molecule has 1 nitrogen and oxygen atoms in total. The number of hydrogen-bond acceptors (Lipinski definition) is 1. The fraction of sp³-hybridized carbons (Fsp3) is 0.222. The van der Waals surface area contributed by atoms with Gasteiger partial charge in [0.1, 0.15) is 4.60 Å². The molecule has 0 aliphatic rings. The molecule has 1 aromatic rings. The summed E-state index contributed by atoms with van der Waals surface area (Å²) < 4.78 is 0.857. The predicted octanol–water partition coefficient (Wildman–Crippen LogP) is 3.49. The third kappa shape index (κ3) is 3.37. The van der Waals surface area contributed by atoms with Crippen LogP contribution in [0, 0.1) is 0 Å². The van der Waals surface area contributed by atoms with Gasteiger partial charge < -0.3 is 0 Å². The average Bonchev–Trinajstić information content (AvgIpc) is 2.05. The number of halogens is 2. The molecule has 0 fully saturated rings. The quantitative estimate of drug-likeness (QED) is 0.588. The molecule has 0 unspecified atom stereocenters. The van der Waals surface area contributed by atoms with Gasteiger partial charge in [0, 0.05) is 12.1 Å². The van der Waals surface area contributed by atoms with Crippen molar-refractivity contribution in [3.8, 4) is 0 Å². The summed E-state index contributed by atoms with van der Waals surface area (Å²) >= 11 is 8.83. The Bertz CT molecular complexity index is 273. The van der Waals surface area contributed by atoms with Gasteiger partial charge in [-0.25, -0.2) is 4.98 Å². The number of alkyl halides is 1. The van der Waals surface area contributed by atoms with E-state index in [-0.39, 0.29) is 0 Å². The SMILES string of the molecule is ClCCC=Cc1ccnc(Br)c1. The van der Waals surface area contributed by atoms with E-state index in [1.807, 2.05) is 18.2 Å². The summed E-state index contributed by atoms with van der Waals surface area (Å²) in [5, 5.41) is 0. The molecule has 0 aromatic carbocycles. The molecule has 0 N–H and O–H groups in total. The van der Waals surface area contributed by atoms with Crippen molar-refractivity contribution in [2.75, 3.05) is 5.88 Å². The van der Waals surface area contributed by atoms with Gasteiger partial charge in [-0.3, -0.25) is 0 Å². The fourth-order valence-electron chi connectivity index (χ4n) is 0.804. The van der Waals surface area contributed by atoms with E-state index in [9.17, 15) is 0 Å². The predicted molar refractivity (Wildman–Crippen MR) is 56.3 cm³/mol. The summed E-state index contributed by atoms with van der Waals surface area (Å²) in [5.41, 5.74) is 1.14. The first kappa shape index (κ1) is 9.75. The molecule has 0 saturated heterocycles. The maximum atomic E-state index is 5.53. The minimum atomic E-state index is 0.669. The van der Waals surface area contributed by atoms with Gasteiger partial charge in [0.25, 0.3) is 0 Å². The highest BCUT2D eigenvalue weighted by atomic mass is 79.9. The number of aromatic nitrogens is 1. The van der Waals surface area contributed by atoms with Crippen LogP contribution >= 0.6 is 27.5 Å². The Morgan fingerprint density at radius 2 is 2.42 bits per heavy atom. The van der Waals surface area contributed by atoms with E-state index in [0.29, 0.717) is 5.88 Å². The summed E-state index contributed by atoms with van der Waals surface area (Å²) in [6.45, 7) is 0. The summed E-state index contributed by atoms with van der Waals surface area (Å²) in [7, 11) is 0. The molecule has 0 atom stereocenters. The number of nitrogens with zero attached hydrogens (tertiary/aromatic N) is 1. The van der Waals surface area contributed by atoms with Crippen LogP contribution in [0.5, 0.6) is 0 Å². The van der Waals surface area contributed by atoms with Crippen LogP contribution < -0.4 is 0 Å². The Balaban J connectivity index is 2.63. The molecule has 1 rings (SSSR count). The van der Waals surface area contributed by atoms with Crippen molar-refractivity contribution in [2.24, 2.45) is 0 Å². The molecular formula is C9H9BrClN. The number of rotatable bonds is 3.